The monoisotopic (exact) mass is 796 g/mol. The first-order chi connectivity index (χ1) is 25.4. The average molecular weight is 798 g/mol. The molecule has 0 aliphatic carbocycles. The number of anilines is 2. The van der Waals surface area contributed by atoms with Crippen LogP contribution in [0.15, 0.2) is 97.1 Å². The Morgan fingerprint density at radius 2 is 1.24 bits per heavy atom. The molecule has 0 spiro atoms. The van der Waals surface area contributed by atoms with Gasteiger partial charge in [-0.1, -0.05) is 59.6 Å². The summed E-state index contributed by atoms with van der Waals surface area (Å²) in [7, 11) is 0. The van der Waals surface area contributed by atoms with Crippen LogP contribution < -0.4 is 16.0 Å². The summed E-state index contributed by atoms with van der Waals surface area (Å²) in [4.78, 5) is 38.7. The molecule has 2 heterocycles. The lowest BCUT2D eigenvalue weighted by Crippen LogP contribution is -2.38. The van der Waals surface area contributed by atoms with E-state index in [1.165, 1.54) is 0 Å². The van der Waals surface area contributed by atoms with Gasteiger partial charge in [-0.15, -0.1) is 12.4 Å². The van der Waals surface area contributed by atoms with E-state index < -0.39 is 5.60 Å². The van der Waals surface area contributed by atoms with E-state index in [1.54, 1.807) is 53.4 Å². The second-order valence-electron chi connectivity index (χ2n) is 13.7. The van der Waals surface area contributed by atoms with Crippen molar-refractivity contribution in [3.63, 3.8) is 0 Å². The summed E-state index contributed by atoms with van der Waals surface area (Å²) >= 11 is 11.9. The summed E-state index contributed by atoms with van der Waals surface area (Å²) in [6.45, 7) is 9.72. The Morgan fingerprint density at radius 1 is 0.741 bits per heavy atom. The summed E-state index contributed by atoms with van der Waals surface area (Å²) in [5, 5.41) is 10.2. The summed E-state index contributed by atoms with van der Waals surface area (Å²) in [6, 6.07) is 28.9. The van der Waals surface area contributed by atoms with Crippen molar-refractivity contribution in [1.29, 1.82) is 0 Å². The molecule has 4 aromatic carbocycles. The highest BCUT2D eigenvalue weighted by Gasteiger charge is 2.27. The van der Waals surface area contributed by atoms with Crippen LogP contribution in [0.1, 0.15) is 77.7 Å². The molecule has 13 heteroatoms. The first kappa shape index (κ1) is 42.6. The Bertz CT molecular complexity index is 1830. The molecule has 0 radical (unpaired) electrons. The van der Waals surface area contributed by atoms with E-state index in [-0.39, 0.29) is 42.5 Å². The van der Waals surface area contributed by atoms with Crippen LogP contribution in [0.4, 0.5) is 16.2 Å². The van der Waals surface area contributed by atoms with Gasteiger partial charge < -0.3 is 35.1 Å². The number of hydrogen-bond donors (Lipinski definition) is 3. The molecule has 2 saturated heterocycles. The molecule has 3 amide bonds. The van der Waals surface area contributed by atoms with Gasteiger partial charge in [0.15, 0.2) is 0 Å². The van der Waals surface area contributed by atoms with Gasteiger partial charge in [0.1, 0.15) is 11.7 Å². The van der Waals surface area contributed by atoms with Crippen molar-refractivity contribution in [1.82, 2.24) is 10.2 Å². The largest absolute Gasteiger partial charge is 0.444 e. The van der Waals surface area contributed by atoms with Crippen LogP contribution in [-0.4, -0.2) is 67.8 Å². The van der Waals surface area contributed by atoms with Crippen molar-refractivity contribution in [3.8, 4) is 0 Å². The third-order valence-corrected chi connectivity index (χ3v) is 8.80. The van der Waals surface area contributed by atoms with Crippen molar-refractivity contribution >= 4 is 64.9 Å². The van der Waals surface area contributed by atoms with Gasteiger partial charge in [-0.25, -0.2) is 4.79 Å². The lowest BCUT2D eigenvalue weighted by atomic mass is 10.1. The van der Waals surface area contributed by atoms with E-state index >= 15 is 0 Å². The van der Waals surface area contributed by atoms with Crippen LogP contribution in [0.5, 0.6) is 0 Å². The van der Waals surface area contributed by atoms with Gasteiger partial charge in [-0.05, 0) is 112 Å². The quantitative estimate of drug-likeness (QED) is 0.178. The van der Waals surface area contributed by atoms with Gasteiger partial charge in [-0.2, -0.15) is 0 Å². The number of nitrogens with one attached hydrogen (secondary N) is 3. The maximum Gasteiger partial charge on any atom is 0.410 e. The Labute approximate surface area is 333 Å². The molecule has 2 fully saturated rings. The molecule has 2 aliphatic rings. The van der Waals surface area contributed by atoms with E-state index in [1.807, 2.05) is 69.3 Å². The SMILES string of the molecule is CC(C)(C)OC(=O)N1CCCO[C@@H](c2ccc(NC(=O)c3cccc(Cl)c3)cc2)C1.Cl.O=C(Nc1ccc([C@H]2CNCCCO2)cc1)c1cccc(Cl)c1. The first-order valence-electron chi connectivity index (χ1n) is 17.7. The summed E-state index contributed by atoms with van der Waals surface area (Å²) in [5.74, 6) is -0.403. The molecule has 288 valence electrons. The van der Waals surface area contributed by atoms with E-state index in [4.69, 9.17) is 37.4 Å². The molecule has 10 nitrogen and oxygen atoms in total. The fourth-order valence-electron chi connectivity index (χ4n) is 5.68. The number of carbonyl (C=O) groups excluding carboxylic acids is 3. The number of rotatable bonds is 6. The highest BCUT2D eigenvalue weighted by atomic mass is 35.5. The zero-order chi connectivity index (χ0) is 37.8. The minimum atomic E-state index is -0.539. The van der Waals surface area contributed by atoms with Gasteiger partial charge in [0.05, 0.1) is 12.6 Å². The number of ether oxygens (including phenoxy) is 3. The molecule has 0 saturated carbocycles. The summed E-state index contributed by atoms with van der Waals surface area (Å²) in [5.41, 5.74) is 3.96. The third kappa shape index (κ3) is 13.3. The predicted octanol–water partition coefficient (Wildman–Crippen LogP) is 9.36. The number of benzene rings is 4. The Morgan fingerprint density at radius 3 is 1.76 bits per heavy atom. The summed E-state index contributed by atoms with van der Waals surface area (Å²) < 4.78 is 17.3. The van der Waals surface area contributed by atoms with Crippen LogP contribution in [0.2, 0.25) is 10.0 Å². The van der Waals surface area contributed by atoms with Gasteiger partial charge in [0.2, 0.25) is 0 Å². The zero-order valence-corrected chi connectivity index (χ0v) is 32.9. The minimum absolute atomic E-state index is 0. The molecule has 6 rings (SSSR count). The maximum atomic E-state index is 12.5. The fraction of sp³-hybridized carbons (Fsp3) is 0.341. The molecule has 0 unspecified atom stereocenters. The van der Waals surface area contributed by atoms with Gasteiger partial charge in [0.25, 0.3) is 11.8 Å². The topological polar surface area (TPSA) is 118 Å². The van der Waals surface area contributed by atoms with Crippen LogP contribution in [0, 0.1) is 0 Å². The standard InChI is InChI=1S/C23H27ClN2O4.C18H19ClN2O2.ClH/c1-23(2,3)30-22(28)26-12-5-13-29-20(15-26)16-8-10-19(11-9-16)25-21(27)17-6-4-7-18(24)14-17;19-15-4-1-3-14(11-15)18(22)21-16-7-5-13(6-8-16)17-12-20-9-2-10-23-17;/h4,6-11,14,20H,5,12-13,15H2,1-3H3,(H,25,27);1,3-8,11,17,20H,2,9-10,12H2,(H,21,22);1H/t20-;17-;/m11./s1. The summed E-state index contributed by atoms with van der Waals surface area (Å²) in [6.07, 6.45) is 1.27. The second-order valence-corrected chi connectivity index (χ2v) is 14.6. The molecule has 2 atom stereocenters. The van der Waals surface area contributed by atoms with Gasteiger partial charge in [0, 0.05) is 58.9 Å². The lowest BCUT2D eigenvalue weighted by Gasteiger charge is -2.28. The van der Waals surface area contributed by atoms with E-state index in [9.17, 15) is 14.4 Å². The highest BCUT2D eigenvalue weighted by molar-refractivity contribution is 6.31. The molecule has 2 aliphatic heterocycles. The van der Waals surface area contributed by atoms with E-state index in [0.29, 0.717) is 46.6 Å². The predicted molar refractivity (Wildman–Crippen MR) is 216 cm³/mol. The molecule has 54 heavy (non-hydrogen) atoms. The minimum Gasteiger partial charge on any atom is -0.444 e. The lowest BCUT2D eigenvalue weighted by molar-refractivity contribution is 0.0140. The normalized spacial score (nSPS) is 17.3. The highest BCUT2D eigenvalue weighted by Crippen LogP contribution is 2.26. The Balaban J connectivity index is 0.000000244. The number of carbonyl (C=O) groups is 3. The van der Waals surface area contributed by atoms with Crippen molar-refractivity contribution in [2.24, 2.45) is 0 Å². The first-order valence-corrected chi connectivity index (χ1v) is 18.4. The molecular weight excluding hydrogens is 751 g/mol. The third-order valence-electron chi connectivity index (χ3n) is 8.33. The van der Waals surface area contributed by atoms with Crippen molar-refractivity contribution in [2.45, 2.75) is 51.4 Å². The maximum absolute atomic E-state index is 12.5. The van der Waals surface area contributed by atoms with Crippen molar-refractivity contribution < 1.29 is 28.6 Å². The number of halogens is 3. The van der Waals surface area contributed by atoms with Crippen LogP contribution in [0.25, 0.3) is 0 Å². The number of nitrogens with zero attached hydrogens (tertiary/aromatic N) is 1. The smallest absolute Gasteiger partial charge is 0.410 e. The van der Waals surface area contributed by atoms with Gasteiger partial charge >= 0.3 is 6.09 Å². The molecule has 4 aromatic rings. The second kappa shape index (κ2) is 20.5. The Kier molecular flexibility index (Phi) is 16.2. The van der Waals surface area contributed by atoms with Crippen molar-refractivity contribution in [2.75, 3.05) is 50.0 Å². The van der Waals surface area contributed by atoms with Crippen molar-refractivity contribution in [3.05, 3.63) is 129 Å². The molecule has 0 bridgehead atoms. The molecular formula is C41H47Cl3N4O6. The number of amides is 3. The zero-order valence-electron chi connectivity index (χ0n) is 30.6. The van der Waals surface area contributed by atoms with Crippen LogP contribution >= 0.6 is 35.6 Å². The van der Waals surface area contributed by atoms with Crippen LogP contribution in [0.3, 0.4) is 0 Å². The Hall–Kier alpha value is -4.16. The average Bonchev–Trinajstić information content (AvgIpc) is 3.56. The van der Waals surface area contributed by atoms with E-state index in [2.05, 4.69) is 16.0 Å². The molecule has 3 N–H and O–H groups in total. The number of hydrogen-bond acceptors (Lipinski definition) is 7. The fourth-order valence-corrected chi connectivity index (χ4v) is 6.06. The molecule has 0 aromatic heterocycles. The van der Waals surface area contributed by atoms with Gasteiger partial charge in [-0.3, -0.25) is 9.59 Å². The van der Waals surface area contributed by atoms with Crippen LogP contribution in [-0.2, 0) is 14.2 Å². The van der Waals surface area contributed by atoms with E-state index in [0.717, 1.165) is 49.4 Å².